The van der Waals surface area contributed by atoms with Gasteiger partial charge in [-0.1, -0.05) is 70.0 Å². The summed E-state index contributed by atoms with van der Waals surface area (Å²) in [6.07, 6.45) is 2.69. The molecule has 0 saturated carbocycles. The minimum atomic E-state index is -0.280. The van der Waals surface area contributed by atoms with E-state index >= 15 is 0 Å². The van der Waals surface area contributed by atoms with Crippen molar-refractivity contribution in [3.05, 3.63) is 92.1 Å². The Labute approximate surface area is 182 Å². The Hall–Kier alpha value is -1.85. The minimum Gasteiger partial charge on any atom is -0.459 e. The molecule has 1 aromatic heterocycles. The molecule has 0 saturated heterocycles. The van der Waals surface area contributed by atoms with Crippen LogP contribution < -0.4 is 0 Å². The van der Waals surface area contributed by atoms with Gasteiger partial charge in [0, 0.05) is 15.1 Å². The van der Waals surface area contributed by atoms with Crippen LogP contribution in [0.15, 0.2) is 69.7 Å². The summed E-state index contributed by atoms with van der Waals surface area (Å²) in [7, 11) is 0. The first kappa shape index (κ1) is 20.9. The number of hydrogen-bond acceptors (Lipinski definition) is 2. The van der Waals surface area contributed by atoms with Gasteiger partial charge < -0.3 is 9.72 Å². The van der Waals surface area contributed by atoms with E-state index < -0.39 is 0 Å². The molecule has 0 spiro atoms. The van der Waals surface area contributed by atoms with Gasteiger partial charge >= 0.3 is 5.97 Å². The zero-order valence-corrected chi connectivity index (χ0v) is 19.1. The number of nitrogens with one attached hydrogen (secondary N) is 1. The van der Waals surface area contributed by atoms with Crippen molar-refractivity contribution in [1.29, 1.82) is 0 Å². The molecule has 0 aliphatic carbocycles. The number of esters is 1. The molecule has 0 aliphatic rings. The second-order valence-corrected chi connectivity index (χ2v) is 9.00. The Morgan fingerprint density at radius 3 is 2.18 bits per heavy atom. The molecule has 3 aromatic rings. The molecule has 146 valence electrons. The maximum absolute atomic E-state index is 12.8. The lowest BCUT2D eigenvalue weighted by molar-refractivity contribution is -0.148. The van der Waals surface area contributed by atoms with Gasteiger partial charge in [-0.05, 0) is 59.4 Å². The highest BCUT2D eigenvalue weighted by Crippen LogP contribution is 2.28. The van der Waals surface area contributed by atoms with E-state index in [9.17, 15) is 4.79 Å². The number of carbonyl (C=O) groups is 1. The number of H-pyrrole nitrogens is 1. The van der Waals surface area contributed by atoms with E-state index in [1.54, 1.807) is 0 Å². The van der Waals surface area contributed by atoms with Crippen molar-refractivity contribution < 1.29 is 9.53 Å². The highest BCUT2D eigenvalue weighted by Gasteiger charge is 2.26. The summed E-state index contributed by atoms with van der Waals surface area (Å²) in [5.74, 6) is -0.320. The second kappa shape index (κ2) is 9.57. The second-order valence-electron chi connectivity index (χ2n) is 7.17. The first-order chi connectivity index (χ1) is 13.4. The van der Waals surface area contributed by atoms with Crippen LogP contribution in [-0.2, 0) is 22.6 Å². The lowest BCUT2D eigenvalue weighted by Crippen LogP contribution is -2.21. The molecule has 28 heavy (non-hydrogen) atoms. The number of rotatable bonds is 7. The molecule has 1 heterocycles. The van der Waals surface area contributed by atoms with Crippen LogP contribution in [0, 0.1) is 5.92 Å². The molecular weight excluding hydrogens is 482 g/mol. The third-order valence-corrected chi connectivity index (χ3v) is 5.80. The van der Waals surface area contributed by atoms with Crippen LogP contribution in [0.3, 0.4) is 0 Å². The molecule has 1 unspecified atom stereocenters. The Bertz CT molecular complexity index is 915. The number of carbonyl (C=O) groups excluding carboxylic acids is 1. The Balaban J connectivity index is 1.67. The van der Waals surface area contributed by atoms with Gasteiger partial charge in [-0.15, -0.1) is 0 Å². The standard InChI is InChI=1S/C23H23Br2NO2/c1-15(2)22(17-5-9-20(25)10-6-17)23(27)28-14-21-18(11-12-26-21)13-16-3-7-19(24)8-4-16/h3-12,15,22,26H,13-14H2,1-2H3. The van der Waals surface area contributed by atoms with Gasteiger partial charge in [0.25, 0.3) is 0 Å². The van der Waals surface area contributed by atoms with E-state index in [4.69, 9.17) is 4.74 Å². The fourth-order valence-electron chi connectivity index (χ4n) is 3.25. The van der Waals surface area contributed by atoms with Crippen LogP contribution in [0.5, 0.6) is 0 Å². The summed E-state index contributed by atoms with van der Waals surface area (Å²) in [5.41, 5.74) is 4.27. The third-order valence-electron chi connectivity index (χ3n) is 4.75. The maximum Gasteiger partial charge on any atom is 0.314 e. The first-order valence-corrected chi connectivity index (χ1v) is 10.8. The topological polar surface area (TPSA) is 42.1 Å². The molecule has 5 heteroatoms. The lowest BCUT2D eigenvalue weighted by atomic mass is 9.88. The highest BCUT2D eigenvalue weighted by atomic mass is 79.9. The first-order valence-electron chi connectivity index (χ1n) is 9.25. The Morgan fingerprint density at radius 2 is 1.57 bits per heavy atom. The Morgan fingerprint density at radius 1 is 0.964 bits per heavy atom. The summed E-state index contributed by atoms with van der Waals surface area (Å²) in [6, 6.07) is 18.2. The van der Waals surface area contributed by atoms with Crippen molar-refractivity contribution in [3.63, 3.8) is 0 Å². The predicted molar refractivity (Wildman–Crippen MR) is 119 cm³/mol. The molecule has 0 radical (unpaired) electrons. The van der Waals surface area contributed by atoms with Crippen molar-refractivity contribution in [2.75, 3.05) is 0 Å². The van der Waals surface area contributed by atoms with Crippen LogP contribution in [0.4, 0.5) is 0 Å². The number of ether oxygens (including phenoxy) is 1. The smallest absolute Gasteiger partial charge is 0.314 e. The van der Waals surface area contributed by atoms with Crippen molar-refractivity contribution in [1.82, 2.24) is 4.98 Å². The Kier molecular flexibility index (Phi) is 7.13. The largest absolute Gasteiger partial charge is 0.459 e. The van der Waals surface area contributed by atoms with Gasteiger partial charge in [-0.3, -0.25) is 4.79 Å². The molecular formula is C23H23Br2NO2. The summed E-state index contributed by atoms with van der Waals surface area (Å²) in [4.78, 5) is 16.0. The molecule has 0 fully saturated rings. The molecule has 2 aromatic carbocycles. The summed E-state index contributed by atoms with van der Waals surface area (Å²) < 4.78 is 7.76. The number of hydrogen-bond donors (Lipinski definition) is 1. The lowest BCUT2D eigenvalue weighted by Gasteiger charge is -2.20. The van der Waals surface area contributed by atoms with Crippen molar-refractivity contribution in [2.24, 2.45) is 5.92 Å². The number of halogens is 2. The van der Waals surface area contributed by atoms with Gasteiger partial charge in [0.2, 0.25) is 0 Å². The quantitative estimate of drug-likeness (QED) is 0.367. The zero-order chi connectivity index (χ0) is 20.1. The van der Waals surface area contributed by atoms with Gasteiger partial charge in [-0.25, -0.2) is 0 Å². The van der Waals surface area contributed by atoms with E-state index in [-0.39, 0.29) is 24.4 Å². The maximum atomic E-state index is 12.8. The van der Waals surface area contributed by atoms with E-state index in [0.717, 1.165) is 32.2 Å². The molecule has 0 amide bonds. The van der Waals surface area contributed by atoms with E-state index in [0.29, 0.717) is 0 Å². The zero-order valence-electron chi connectivity index (χ0n) is 15.9. The van der Waals surface area contributed by atoms with E-state index in [1.165, 1.54) is 5.56 Å². The monoisotopic (exact) mass is 503 g/mol. The number of aromatic amines is 1. The average Bonchev–Trinajstić information content (AvgIpc) is 3.10. The predicted octanol–water partition coefficient (Wildman–Crippen LogP) is 6.61. The van der Waals surface area contributed by atoms with Crippen LogP contribution in [0.2, 0.25) is 0 Å². The molecule has 3 nitrogen and oxygen atoms in total. The van der Waals surface area contributed by atoms with E-state index in [2.05, 4.69) is 49.0 Å². The van der Waals surface area contributed by atoms with Gasteiger partial charge in [0.1, 0.15) is 6.61 Å². The fraction of sp³-hybridized carbons (Fsp3) is 0.261. The SMILES string of the molecule is CC(C)C(C(=O)OCc1[nH]ccc1Cc1ccc(Br)cc1)c1ccc(Br)cc1. The van der Waals surface area contributed by atoms with Gasteiger partial charge in [0.15, 0.2) is 0 Å². The van der Waals surface area contributed by atoms with Crippen molar-refractivity contribution in [2.45, 2.75) is 32.8 Å². The normalized spacial score (nSPS) is 12.2. The average molecular weight is 505 g/mol. The summed E-state index contributed by atoms with van der Waals surface area (Å²) >= 11 is 6.90. The van der Waals surface area contributed by atoms with Gasteiger partial charge in [-0.2, -0.15) is 0 Å². The minimum absolute atomic E-state index is 0.152. The van der Waals surface area contributed by atoms with Crippen LogP contribution in [-0.4, -0.2) is 11.0 Å². The molecule has 3 rings (SSSR count). The van der Waals surface area contributed by atoms with Crippen LogP contribution in [0.1, 0.15) is 42.1 Å². The summed E-state index contributed by atoms with van der Waals surface area (Å²) in [5, 5.41) is 0. The highest BCUT2D eigenvalue weighted by molar-refractivity contribution is 9.10. The number of aromatic nitrogens is 1. The third kappa shape index (κ3) is 5.36. The van der Waals surface area contributed by atoms with Gasteiger partial charge in [0.05, 0.1) is 11.6 Å². The van der Waals surface area contributed by atoms with Crippen molar-refractivity contribution in [3.8, 4) is 0 Å². The summed E-state index contributed by atoms with van der Waals surface area (Å²) in [6.45, 7) is 4.33. The molecule has 1 N–H and O–H groups in total. The fourth-order valence-corrected chi connectivity index (χ4v) is 3.78. The van der Waals surface area contributed by atoms with Crippen molar-refractivity contribution >= 4 is 37.8 Å². The van der Waals surface area contributed by atoms with Crippen LogP contribution >= 0.6 is 31.9 Å². The molecule has 1 atom stereocenters. The molecule has 0 bridgehead atoms. The van der Waals surface area contributed by atoms with E-state index in [1.807, 2.05) is 62.5 Å². The molecule has 0 aliphatic heterocycles. The number of benzene rings is 2. The van der Waals surface area contributed by atoms with Crippen LogP contribution in [0.25, 0.3) is 0 Å².